The minimum absolute atomic E-state index is 0.109. The van der Waals surface area contributed by atoms with Crippen molar-refractivity contribution in [3.05, 3.63) is 53.6 Å². The number of benzene rings is 2. The van der Waals surface area contributed by atoms with Gasteiger partial charge in [-0.15, -0.1) is 0 Å². The zero-order chi connectivity index (χ0) is 21.3. The molecular formula is C22H24N2O6. The number of likely N-dealkylation sites (N-methyl/N-ethyl adjacent to an activating group) is 1. The third-order valence-electron chi connectivity index (χ3n) is 5.79. The summed E-state index contributed by atoms with van der Waals surface area (Å²) in [5.74, 6) is -0.159. The van der Waals surface area contributed by atoms with Crippen LogP contribution in [0.5, 0.6) is 17.2 Å². The summed E-state index contributed by atoms with van der Waals surface area (Å²) < 4.78 is 16.1. The Labute approximate surface area is 174 Å². The number of carbonyl (C=O) groups is 2. The molecule has 2 aliphatic heterocycles. The van der Waals surface area contributed by atoms with Crippen LogP contribution in [0.25, 0.3) is 0 Å². The molecule has 3 unspecified atom stereocenters. The third-order valence-corrected chi connectivity index (χ3v) is 5.79. The molecule has 0 saturated carbocycles. The molecule has 2 heterocycles. The first-order valence-corrected chi connectivity index (χ1v) is 9.72. The van der Waals surface area contributed by atoms with Crippen molar-refractivity contribution in [2.75, 3.05) is 34.0 Å². The van der Waals surface area contributed by atoms with Gasteiger partial charge in [0.2, 0.25) is 12.7 Å². The first kappa shape index (κ1) is 20.0. The number of likely N-dealkylation sites (tertiary alicyclic amines) is 1. The first-order valence-electron chi connectivity index (χ1n) is 9.72. The smallest absolute Gasteiger partial charge is 0.309 e. The summed E-state index contributed by atoms with van der Waals surface area (Å²) in [6.45, 7) is 0.696. The molecule has 3 atom stereocenters. The van der Waals surface area contributed by atoms with Crippen LogP contribution in [0.15, 0.2) is 42.5 Å². The number of ether oxygens (including phenoxy) is 3. The molecule has 0 aromatic heterocycles. The maximum atomic E-state index is 12.4. The van der Waals surface area contributed by atoms with Crippen molar-refractivity contribution < 1.29 is 28.9 Å². The highest BCUT2D eigenvalue weighted by molar-refractivity contribution is 5.79. The summed E-state index contributed by atoms with van der Waals surface area (Å²) in [6.07, 6.45) is 0. The van der Waals surface area contributed by atoms with E-state index in [-0.39, 0.29) is 25.2 Å². The number of hydrogen-bond acceptors (Lipinski definition) is 6. The molecule has 2 aromatic carbocycles. The van der Waals surface area contributed by atoms with Crippen molar-refractivity contribution >= 4 is 11.9 Å². The molecule has 2 aliphatic rings. The number of carboxylic acid groups (broad SMARTS) is 1. The van der Waals surface area contributed by atoms with Gasteiger partial charge < -0.3 is 24.6 Å². The SMILES string of the molecule is CNC(=O)CN1CC(c2ccc3c(c2)OCO3)C(C(=O)O)C1c1ccc(OC)cc1. The summed E-state index contributed by atoms with van der Waals surface area (Å²) in [7, 11) is 3.16. The van der Waals surface area contributed by atoms with Crippen LogP contribution in [-0.4, -0.2) is 55.9 Å². The van der Waals surface area contributed by atoms with Crippen molar-refractivity contribution in [3.8, 4) is 17.2 Å². The number of amides is 1. The number of nitrogens with one attached hydrogen (secondary N) is 1. The van der Waals surface area contributed by atoms with E-state index in [1.54, 1.807) is 32.4 Å². The van der Waals surface area contributed by atoms with Crippen LogP contribution in [0.2, 0.25) is 0 Å². The van der Waals surface area contributed by atoms with E-state index in [1.807, 2.05) is 29.2 Å². The standard InChI is InChI=1S/C22H24N2O6/c1-23-19(25)11-24-10-16(14-5-8-17-18(9-14)30-12-29-17)20(22(26)27)21(24)13-3-6-15(28-2)7-4-13/h3-9,16,20-21H,10-12H2,1-2H3,(H,23,25)(H,26,27). The molecule has 2 aromatic rings. The molecule has 0 radical (unpaired) electrons. The monoisotopic (exact) mass is 412 g/mol. The van der Waals surface area contributed by atoms with Gasteiger partial charge in [-0.2, -0.15) is 0 Å². The van der Waals surface area contributed by atoms with Crippen molar-refractivity contribution in [2.45, 2.75) is 12.0 Å². The van der Waals surface area contributed by atoms with Crippen molar-refractivity contribution in [3.63, 3.8) is 0 Å². The Morgan fingerprint density at radius 3 is 2.50 bits per heavy atom. The number of carboxylic acids is 1. The topological polar surface area (TPSA) is 97.3 Å². The Kier molecular flexibility index (Phi) is 5.50. The molecule has 30 heavy (non-hydrogen) atoms. The molecule has 158 valence electrons. The number of fused-ring (bicyclic) bond motifs is 1. The van der Waals surface area contributed by atoms with E-state index in [2.05, 4.69) is 5.32 Å². The fourth-order valence-corrected chi connectivity index (χ4v) is 4.34. The Morgan fingerprint density at radius 1 is 1.13 bits per heavy atom. The zero-order valence-electron chi connectivity index (χ0n) is 16.8. The second kappa shape index (κ2) is 8.23. The van der Waals surface area contributed by atoms with Gasteiger partial charge in [0.1, 0.15) is 5.75 Å². The van der Waals surface area contributed by atoms with Gasteiger partial charge >= 0.3 is 5.97 Å². The molecule has 1 saturated heterocycles. The summed E-state index contributed by atoms with van der Waals surface area (Å²) >= 11 is 0. The first-order chi connectivity index (χ1) is 14.5. The van der Waals surface area contributed by atoms with Gasteiger partial charge in [0.25, 0.3) is 0 Å². The summed E-state index contributed by atoms with van der Waals surface area (Å²) in [5.41, 5.74) is 1.68. The van der Waals surface area contributed by atoms with Crippen LogP contribution in [0.4, 0.5) is 0 Å². The van der Waals surface area contributed by atoms with E-state index in [0.29, 0.717) is 23.8 Å². The van der Waals surface area contributed by atoms with E-state index < -0.39 is 17.9 Å². The molecule has 0 bridgehead atoms. The van der Waals surface area contributed by atoms with Crippen LogP contribution in [0.3, 0.4) is 0 Å². The lowest BCUT2D eigenvalue weighted by Gasteiger charge is -2.26. The van der Waals surface area contributed by atoms with E-state index in [0.717, 1.165) is 11.1 Å². The second-order valence-corrected chi connectivity index (χ2v) is 7.40. The molecule has 1 amide bonds. The lowest BCUT2D eigenvalue weighted by atomic mass is 9.82. The van der Waals surface area contributed by atoms with Gasteiger partial charge in [0.15, 0.2) is 11.5 Å². The highest BCUT2D eigenvalue weighted by Crippen LogP contribution is 2.47. The Morgan fingerprint density at radius 2 is 1.83 bits per heavy atom. The quantitative estimate of drug-likeness (QED) is 0.749. The van der Waals surface area contributed by atoms with E-state index in [1.165, 1.54) is 0 Å². The largest absolute Gasteiger partial charge is 0.497 e. The second-order valence-electron chi connectivity index (χ2n) is 7.40. The van der Waals surface area contributed by atoms with Gasteiger partial charge in [0, 0.05) is 25.6 Å². The highest BCUT2D eigenvalue weighted by Gasteiger charge is 2.48. The van der Waals surface area contributed by atoms with Gasteiger partial charge in [0.05, 0.1) is 19.6 Å². The number of rotatable bonds is 6. The summed E-state index contributed by atoms with van der Waals surface area (Å²) in [6, 6.07) is 12.4. The average molecular weight is 412 g/mol. The lowest BCUT2D eigenvalue weighted by molar-refractivity contribution is -0.143. The van der Waals surface area contributed by atoms with E-state index >= 15 is 0 Å². The van der Waals surface area contributed by atoms with Crippen LogP contribution in [-0.2, 0) is 9.59 Å². The summed E-state index contributed by atoms with van der Waals surface area (Å²) in [4.78, 5) is 26.5. The van der Waals surface area contributed by atoms with Crippen LogP contribution in [0.1, 0.15) is 23.1 Å². The maximum Gasteiger partial charge on any atom is 0.309 e. The fourth-order valence-electron chi connectivity index (χ4n) is 4.34. The molecule has 8 heteroatoms. The number of aliphatic carboxylic acids is 1. The lowest BCUT2D eigenvalue weighted by Crippen LogP contribution is -2.36. The number of hydrogen-bond donors (Lipinski definition) is 2. The van der Waals surface area contributed by atoms with Crippen LogP contribution >= 0.6 is 0 Å². The normalized spacial score (nSPS) is 22.7. The highest BCUT2D eigenvalue weighted by atomic mass is 16.7. The predicted molar refractivity (Wildman–Crippen MR) is 108 cm³/mol. The Bertz CT molecular complexity index is 945. The average Bonchev–Trinajstić information content (AvgIpc) is 3.37. The molecule has 4 rings (SSSR count). The van der Waals surface area contributed by atoms with E-state index in [9.17, 15) is 14.7 Å². The van der Waals surface area contributed by atoms with Gasteiger partial charge in [-0.05, 0) is 35.4 Å². The molecule has 0 aliphatic carbocycles. The molecular weight excluding hydrogens is 388 g/mol. The van der Waals surface area contributed by atoms with Gasteiger partial charge in [-0.1, -0.05) is 18.2 Å². The third kappa shape index (κ3) is 3.66. The summed E-state index contributed by atoms with van der Waals surface area (Å²) in [5, 5.41) is 12.8. The minimum atomic E-state index is -0.905. The maximum absolute atomic E-state index is 12.4. The van der Waals surface area contributed by atoms with Gasteiger partial charge in [-0.25, -0.2) is 0 Å². The number of carbonyl (C=O) groups excluding carboxylic acids is 1. The Hall–Kier alpha value is -3.26. The van der Waals surface area contributed by atoms with Crippen LogP contribution in [0, 0.1) is 5.92 Å². The van der Waals surface area contributed by atoms with Crippen LogP contribution < -0.4 is 19.5 Å². The number of methoxy groups -OCH3 is 1. The van der Waals surface area contributed by atoms with Gasteiger partial charge in [-0.3, -0.25) is 14.5 Å². The molecule has 2 N–H and O–H groups in total. The molecule has 8 nitrogen and oxygen atoms in total. The van der Waals surface area contributed by atoms with E-state index in [4.69, 9.17) is 14.2 Å². The predicted octanol–water partition coefficient (Wildman–Crippen LogP) is 2.01. The molecule has 0 spiro atoms. The Balaban J connectivity index is 1.73. The molecule has 1 fully saturated rings. The minimum Gasteiger partial charge on any atom is -0.497 e. The number of nitrogens with zero attached hydrogens (tertiary/aromatic N) is 1. The zero-order valence-corrected chi connectivity index (χ0v) is 16.8. The van der Waals surface area contributed by atoms with Crippen molar-refractivity contribution in [1.82, 2.24) is 10.2 Å². The van der Waals surface area contributed by atoms with Crippen molar-refractivity contribution in [1.29, 1.82) is 0 Å². The van der Waals surface area contributed by atoms with Crippen molar-refractivity contribution in [2.24, 2.45) is 5.92 Å². The fraction of sp³-hybridized carbons (Fsp3) is 0.364.